The van der Waals surface area contributed by atoms with Crippen molar-refractivity contribution < 1.29 is 23.9 Å². The number of anilines is 1. The molecule has 0 unspecified atom stereocenters. The number of hydrogen-bond donors (Lipinski definition) is 1. The van der Waals surface area contributed by atoms with Gasteiger partial charge in [-0.3, -0.25) is 19.3 Å². The number of carbonyl (C=O) groups is 3. The van der Waals surface area contributed by atoms with Crippen LogP contribution in [0, 0.1) is 0 Å². The number of halogens is 1. The lowest BCUT2D eigenvalue weighted by Crippen LogP contribution is -2.36. The van der Waals surface area contributed by atoms with Crippen molar-refractivity contribution in [2.75, 3.05) is 25.1 Å². The van der Waals surface area contributed by atoms with Crippen LogP contribution in [0.2, 0.25) is 0 Å². The van der Waals surface area contributed by atoms with Gasteiger partial charge in [0.1, 0.15) is 31.3 Å². The van der Waals surface area contributed by atoms with E-state index in [1.54, 1.807) is 54.6 Å². The van der Waals surface area contributed by atoms with Gasteiger partial charge < -0.3 is 14.8 Å². The molecular weight excluding hydrogens is 532 g/mol. The van der Waals surface area contributed by atoms with Gasteiger partial charge in [0.25, 0.3) is 11.1 Å². The van der Waals surface area contributed by atoms with Crippen LogP contribution in [0.15, 0.2) is 88.2 Å². The van der Waals surface area contributed by atoms with Gasteiger partial charge in [0.2, 0.25) is 5.91 Å². The first-order valence-corrected chi connectivity index (χ1v) is 12.3. The third-order valence-electron chi connectivity index (χ3n) is 4.85. The maximum absolute atomic E-state index is 12.7. The van der Waals surface area contributed by atoms with Crippen molar-refractivity contribution in [3.63, 3.8) is 0 Å². The first kappa shape index (κ1) is 24.6. The van der Waals surface area contributed by atoms with Crippen molar-refractivity contribution in [1.29, 1.82) is 0 Å². The quantitative estimate of drug-likeness (QED) is 0.275. The lowest BCUT2D eigenvalue weighted by Gasteiger charge is -2.12. The van der Waals surface area contributed by atoms with Crippen molar-refractivity contribution >= 4 is 56.5 Å². The maximum atomic E-state index is 12.7. The molecule has 1 aliphatic heterocycles. The third-order valence-corrected chi connectivity index (χ3v) is 6.28. The van der Waals surface area contributed by atoms with Crippen LogP contribution in [-0.2, 0) is 9.59 Å². The first-order valence-electron chi connectivity index (χ1n) is 10.7. The molecule has 0 bridgehead atoms. The molecule has 1 N–H and O–H groups in total. The van der Waals surface area contributed by atoms with E-state index in [4.69, 9.17) is 9.47 Å². The van der Waals surface area contributed by atoms with Crippen LogP contribution < -0.4 is 14.8 Å². The summed E-state index contributed by atoms with van der Waals surface area (Å²) < 4.78 is 12.2. The van der Waals surface area contributed by atoms with Crippen LogP contribution >= 0.6 is 27.7 Å². The standard InChI is InChI=1S/C26H21BrN2O5S/c27-19-8-10-20(11-9-19)28-24(30)17-29-25(31)23(35-26(29)32)16-18-6-12-22(13-7-18)34-15-14-33-21-4-2-1-3-5-21/h1-13,16H,14-15,17H2,(H,28,30)/b23-16+. The highest BCUT2D eigenvalue weighted by Crippen LogP contribution is 2.32. The van der Waals surface area contributed by atoms with Crippen molar-refractivity contribution in [2.45, 2.75) is 0 Å². The lowest BCUT2D eigenvalue weighted by molar-refractivity contribution is -0.127. The molecule has 9 heteroatoms. The molecule has 3 aromatic carbocycles. The Morgan fingerprint density at radius 3 is 2.17 bits per heavy atom. The van der Waals surface area contributed by atoms with Crippen LogP contribution in [0.4, 0.5) is 10.5 Å². The zero-order chi connectivity index (χ0) is 24.6. The lowest BCUT2D eigenvalue weighted by atomic mass is 10.2. The van der Waals surface area contributed by atoms with Gasteiger partial charge in [-0.25, -0.2) is 0 Å². The van der Waals surface area contributed by atoms with Gasteiger partial charge >= 0.3 is 0 Å². The number of carbonyl (C=O) groups excluding carboxylic acids is 3. The Kier molecular flexibility index (Phi) is 8.23. The number of hydrogen-bond acceptors (Lipinski definition) is 6. The van der Waals surface area contributed by atoms with Crippen molar-refractivity contribution in [3.8, 4) is 11.5 Å². The monoisotopic (exact) mass is 552 g/mol. The summed E-state index contributed by atoms with van der Waals surface area (Å²) in [6, 6.07) is 23.7. The van der Waals surface area contributed by atoms with Gasteiger partial charge in [-0.05, 0) is 71.9 Å². The molecule has 0 aromatic heterocycles. The second-order valence-corrected chi connectivity index (χ2v) is 9.31. The number of ether oxygens (including phenoxy) is 2. The summed E-state index contributed by atoms with van der Waals surface area (Å²) in [7, 11) is 0. The molecule has 1 heterocycles. The van der Waals surface area contributed by atoms with E-state index in [1.165, 1.54) is 0 Å². The summed E-state index contributed by atoms with van der Waals surface area (Å²) in [5.41, 5.74) is 1.32. The fourth-order valence-electron chi connectivity index (χ4n) is 3.16. The average molecular weight is 553 g/mol. The smallest absolute Gasteiger partial charge is 0.294 e. The van der Waals surface area contributed by atoms with Crippen LogP contribution in [0.3, 0.4) is 0 Å². The number of imide groups is 1. The molecule has 1 fully saturated rings. The molecule has 178 valence electrons. The van der Waals surface area contributed by atoms with Gasteiger partial charge in [-0.15, -0.1) is 0 Å². The van der Waals surface area contributed by atoms with Crippen LogP contribution in [0.25, 0.3) is 6.08 Å². The van der Waals surface area contributed by atoms with E-state index in [-0.39, 0.29) is 11.4 Å². The summed E-state index contributed by atoms with van der Waals surface area (Å²) in [5, 5.41) is 2.20. The van der Waals surface area contributed by atoms with Gasteiger partial charge in [0, 0.05) is 10.2 Å². The predicted molar refractivity (Wildman–Crippen MR) is 139 cm³/mol. The van der Waals surface area contributed by atoms with Crippen molar-refractivity contribution in [2.24, 2.45) is 0 Å². The summed E-state index contributed by atoms with van der Waals surface area (Å²) in [5.74, 6) is 0.501. The van der Waals surface area contributed by atoms with E-state index in [0.717, 1.165) is 32.4 Å². The molecule has 0 aliphatic carbocycles. The topological polar surface area (TPSA) is 84.9 Å². The number of amides is 3. The van der Waals surface area contributed by atoms with Crippen LogP contribution in [-0.4, -0.2) is 41.7 Å². The molecule has 3 amide bonds. The number of nitrogens with zero attached hydrogens (tertiary/aromatic N) is 1. The molecule has 3 aromatic rings. The van der Waals surface area contributed by atoms with E-state index < -0.39 is 17.1 Å². The zero-order valence-corrected chi connectivity index (χ0v) is 20.9. The van der Waals surface area contributed by atoms with Gasteiger partial charge in [0.15, 0.2) is 0 Å². The fraction of sp³-hybridized carbons (Fsp3) is 0.115. The normalized spacial score (nSPS) is 14.3. The summed E-state index contributed by atoms with van der Waals surface area (Å²) in [6.45, 7) is 0.444. The highest BCUT2D eigenvalue weighted by Gasteiger charge is 2.36. The molecule has 1 saturated heterocycles. The predicted octanol–water partition coefficient (Wildman–Crippen LogP) is 5.58. The molecular formula is C26H21BrN2O5S. The maximum Gasteiger partial charge on any atom is 0.294 e. The second-order valence-electron chi connectivity index (χ2n) is 7.40. The van der Waals surface area contributed by atoms with E-state index in [2.05, 4.69) is 21.2 Å². The van der Waals surface area contributed by atoms with E-state index in [1.807, 2.05) is 30.3 Å². The Balaban J connectivity index is 1.28. The molecule has 4 rings (SSSR count). The minimum Gasteiger partial charge on any atom is -0.490 e. The van der Waals surface area contributed by atoms with Gasteiger partial charge in [-0.1, -0.05) is 46.3 Å². The second kappa shape index (κ2) is 11.7. The van der Waals surface area contributed by atoms with Crippen LogP contribution in [0.1, 0.15) is 5.56 Å². The fourth-order valence-corrected chi connectivity index (χ4v) is 4.26. The molecule has 0 spiro atoms. The van der Waals surface area contributed by atoms with Gasteiger partial charge in [0.05, 0.1) is 4.91 Å². The number of nitrogens with one attached hydrogen (secondary N) is 1. The molecule has 0 radical (unpaired) electrons. The number of benzene rings is 3. The minimum absolute atomic E-state index is 0.261. The highest BCUT2D eigenvalue weighted by atomic mass is 79.9. The molecule has 0 atom stereocenters. The SMILES string of the molecule is O=C(CN1C(=O)S/C(=C/c2ccc(OCCOc3ccccc3)cc2)C1=O)Nc1ccc(Br)cc1. The van der Waals surface area contributed by atoms with E-state index in [9.17, 15) is 14.4 Å². The Hall–Kier alpha value is -3.56. The minimum atomic E-state index is -0.496. The van der Waals surface area contributed by atoms with Crippen LogP contribution in [0.5, 0.6) is 11.5 Å². The average Bonchev–Trinajstić information content (AvgIpc) is 3.12. The van der Waals surface area contributed by atoms with Crippen molar-refractivity contribution in [1.82, 2.24) is 4.90 Å². The Bertz CT molecular complexity index is 1230. The Morgan fingerprint density at radius 1 is 0.886 bits per heavy atom. The summed E-state index contributed by atoms with van der Waals surface area (Å²) in [4.78, 5) is 38.5. The first-order chi connectivity index (χ1) is 17.0. The van der Waals surface area contributed by atoms with E-state index >= 15 is 0 Å². The number of thioether (sulfide) groups is 1. The molecule has 35 heavy (non-hydrogen) atoms. The Labute approximate surface area is 215 Å². The summed E-state index contributed by atoms with van der Waals surface area (Å²) >= 11 is 4.14. The molecule has 0 saturated carbocycles. The van der Waals surface area contributed by atoms with Crippen molar-refractivity contribution in [3.05, 3.63) is 93.8 Å². The van der Waals surface area contributed by atoms with Gasteiger partial charge in [-0.2, -0.15) is 0 Å². The Morgan fingerprint density at radius 2 is 1.51 bits per heavy atom. The molecule has 7 nitrogen and oxygen atoms in total. The number of para-hydroxylation sites is 1. The highest BCUT2D eigenvalue weighted by molar-refractivity contribution is 9.10. The zero-order valence-electron chi connectivity index (χ0n) is 18.5. The van der Waals surface area contributed by atoms with E-state index in [0.29, 0.717) is 24.7 Å². The summed E-state index contributed by atoms with van der Waals surface area (Å²) in [6.07, 6.45) is 1.62. The largest absolute Gasteiger partial charge is 0.490 e. The number of rotatable bonds is 9. The third kappa shape index (κ3) is 6.97. The molecule has 1 aliphatic rings.